The molecule has 274 valence electrons. The smallest absolute Gasteiger partial charge is 0.759 e. The molecular formula is H42Fe2O33S3. The molecule has 0 aromatic rings. The minimum atomic E-state index is -5.17. The van der Waals surface area contributed by atoms with E-state index < -0.39 is 31.2 Å². The molecule has 0 bridgehead atoms. The minimum Gasteiger partial charge on any atom is -0.759 e. The molecule has 0 aliphatic rings. The van der Waals surface area contributed by atoms with Crippen molar-refractivity contribution in [3.8, 4) is 0 Å². The fourth-order valence-electron chi connectivity index (χ4n) is 0. The van der Waals surface area contributed by atoms with Gasteiger partial charge in [-0.05, 0) is 0 Å². The van der Waals surface area contributed by atoms with Crippen LogP contribution in [-0.4, -0.2) is 168 Å². The minimum absolute atomic E-state index is 0. The molecule has 0 atom stereocenters. The maximum atomic E-state index is 8.52. The summed E-state index contributed by atoms with van der Waals surface area (Å²) in [6.07, 6.45) is 0. The molecule has 0 rings (SSSR count). The Kier molecular flexibility index (Phi) is 1440. The molecule has 0 fully saturated rings. The van der Waals surface area contributed by atoms with E-state index in [1.54, 1.807) is 0 Å². The molecule has 0 saturated heterocycles. The van der Waals surface area contributed by atoms with Crippen LogP contribution in [0.5, 0.6) is 0 Å². The number of rotatable bonds is 0. The van der Waals surface area contributed by atoms with Crippen LogP contribution in [0.2, 0.25) is 0 Å². The Balaban J connectivity index is -0.00000000182. The van der Waals surface area contributed by atoms with E-state index in [-0.39, 0.29) is 149 Å². The topological polar surface area (TPSA) is 902 Å². The summed E-state index contributed by atoms with van der Waals surface area (Å²) in [5.74, 6) is 0. The van der Waals surface area contributed by atoms with Crippen molar-refractivity contribution in [2.45, 2.75) is 0 Å². The van der Waals surface area contributed by atoms with Crippen molar-refractivity contribution in [3.05, 3.63) is 0 Å². The van der Waals surface area contributed by atoms with Crippen LogP contribution in [0, 0.1) is 0 Å². The first-order valence-electron chi connectivity index (χ1n) is 2.00. The van der Waals surface area contributed by atoms with Crippen molar-refractivity contribution in [2.24, 2.45) is 0 Å². The Morgan fingerprint density at radius 1 is 0.211 bits per heavy atom. The SMILES string of the molecule is O.O.O.O.O.O.O.O.O.O.O.O.O.O.O.O.O.O.O.O.O.O=S(=O)([O-])[O-].O=S(=O)([O-])[O-].O=S(=O)([O-])[O-].[Fe+3].[Fe+3]. The van der Waals surface area contributed by atoms with Gasteiger partial charge in [-0.3, -0.25) is 25.3 Å². The average Bonchev–Trinajstić information content (AvgIpc) is 1.41. The average molecular weight is 778 g/mol. The number of hydrogen-bond donors (Lipinski definition) is 0. The largest absolute Gasteiger partial charge is 3.00 e. The summed E-state index contributed by atoms with van der Waals surface area (Å²) in [6, 6.07) is 0. The molecule has 0 heterocycles. The third kappa shape index (κ3) is 1190000. The summed E-state index contributed by atoms with van der Waals surface area (Å²) < 4.78 is 102. The molecule has 0 amide bonds. The van der Waals surface area contributed by atoms with Crippen LogP contribution >= 0.6 is 0 Å². The van der Waals surface area contributed by atoms with Crippen LogP contribution < -0.4 is 0 Å². The number of hydrogen-bond acceptors (Lipinski definition) is 12. The Labute approximate surface area is 233 Å². The predicted octanol–water partition coefficient (Wildman–Crippen LogP) is -21.3. The summed E-state index contributed by atoms with van der Waals surface area (Å²) in [4.78, 5) is 0. The molecule has 0 unspecified atom stereocenters. The molecule has 38 heteroatoms. The van der Waals surface area contributed by atoms with Crippen molar-refractivity contribution < 1.29 is 202 Å². The summed E-state index contributed by atoms with van der Waals surface area (Å²) >= 11 is 0. The van der Waals surface area contributed by atoms with Crippen LogP contribution in [0.15, 0.2) is 0 Å². The first-order chi connectivity index (χ1) is 6.00. The zero-order valence-electron chi connectivity index (χ0n) is 17.3. The molecule has 0 aliphatic carbocycles. The standard InChI is InChI=1S/2Fe.3H2O4S.21H2O/c;;3*1-5(2,3)4;;;;;;;;;;;;;;;;;;;;;/h;;3*(H2,1,2,3,4);21*1H2/q2*+3;;;;;;;;;;;;;;;;;;;;;;;;/p-6. The Morgan fingerprint density at radius 2 is 0.211 bits per heavy atom. The van der Waals surface area contributed by atoms with E-state index in [2.05, 4.69) is 0 Å². The zero-order valence-corrected chi connectivity index (χ0v) is 22.0. The molecule has 0 aromatic carbocycles. The van der Waals surface area contributed by atoms with Gasteiger partial charge in [0.25, 0.3) is 0 Å². The van der Waals surface area contributed by atoms with Crippen LogP contribution in [0.3, 0.4) is 0 Å². The zero-order chi connectivity index (χ0) is 13.5. The molecule has 0 spiro atoms. The van der Waals surface area contributed by atoms with Crippen molar-refractivity contribution in [1.29, 1.82) is 0 Å². The molecule has 42 N–H and O–H groups in total. The van der Waals surface area contributed by atoms with E-state index in [9.17, 15) is 0 Å². The van der Waals surface area contributed by atoms with Crippen molar-refractivity contribution in [3.63, 3.8) is 0 Å². The van der Waals surface area contributed by atoms with Crippen molar-refractivity contribution >= 4 is 31.2 Å². The second-order valence-electron chi connectivity index (χ2n) is 1.22. The first kappa shape index (κ1) is 367. The third-order valence-electron chi connectivity index (χ3n) is 0. The van der Waals surface area contributed by atoms with Crippen molar-refractivity contribution in [1.82, 2.24) is 0 Å². The van der Waals surface area contributed by atoms with Gasteiger partial charge in [0, 0.05) is 31.2 Å². The fraction of sp³-hybridized carbons (Fsp3) is 0. The normalized spacial score (nSPS) is 4.58. The van der Waals surface area contributed by atoms with Gasteiger partial charge in [0.2, 0.25) is 0 Å². The van der Waals surface area contributed by atoms with Gasteiger partial charge in [-0.25, -0.2) is 0 Å². The maximum absolute atomic E-state index is 8.52. The molecule has 33 nitrogen and oxygen atoms in total. The first-order valence-corrected chi connectivity index (χ1v) is 6.00. The van der Waals surface area contributed by atoms with E-state index in [4.69, 9.17) is 52.6 Å². The predicted molar refractivity (Wildman–Crippen MR) is 107 cm³/mol. The maximum Gasteiger partial charge on any atom is 3.00 e. The van der Waals surface area contributed by atoms with E-state index in [0.717, 1.165) is 0 Å². The van der Waals surface area contributed by atoms with Crippen LogP contribution in [-0.2, 0) is 65.3 Å². The van der Waals surface area contributed by atoms with Gasteiger partial charge < -0.3 is 142 Å². The monoisotopic (exact) mass is 778 g/mol. The molecular weight excluding hydrogens is 736 g/mol. The summed E-state index contributed by atoms with van der Waals surface area (Å²) in [6.45, 7) is 0. The summed E-state index contributed by atoms with van der Waals surface area (Å²) in [7, 11) is -15.5. The van der Waals surface area contributed by atoms with E-state index >= 15 is 0 Å². The van der Waals surface area contributed by atoms with Crippen LogP contribution in [0.4, 0.5) is 0 Å². The molecule has 0 aliphatic heterocycles. The molecule has 38 heavy (non-hydrogen) atoms. The van der Waals surface area contributed by atoms with Gasteiger partial charge in [0.05, 0.1) is 0 Å². The third-order valence-corrected chi connectivity index (χ3v) is 0. The van der Waals surface area contributed by atoms with Gasteiger partial charge >= 0.3 is 34.1 Å². The van der Waals surface area contributed by atoms with E-state index in [1.165, 1.54) is 0 Å². The van der Waals surface area contributed by atoms with Gasteiger partial charge in [-0.2, -0.15) is 0 Å². The summed E-state index contributed by atoms with van der Waals surface area (Å²) in [5.41, 5.74) is 0. The fourth-order valence-corrected chi connectivity index (χ4v) is 0. The van der Waals surface area contributed by atoms with Crippen molar-refractivity contribution in [2.75, 3.05) is 0 Å². The van der Waals surface area contributed by atoms with Gasteiger partial charge in [0.15, 0.2) is 0 Å². The quantitative estimate of drug-likeness (QED) is 0.126. The Morgan fingerprint density at radius 3 is 0.211 bits per heavy atom. The van der Waals surface area contributed by atoms with Gasteiger partial charge in [-0.1, -0.05) is 0 Å². The van der Waals surface area contributed by atoms with E-state index in [1.807, 2.05) is 0 Å². The molecule has 2 radical (unpaired) electrons. The van der Waals surface area contributed by atoms with E-state index in [0.29, 0.717) is 0 Å². The second-order valence-corrected chi connectivity index (χ2v) is 3.67. The second kappa shape index (κ2) is 149. The summed E-state index contributed by atoms with van der Waals surface area (Å²) in [5, 5.41) is 0. The van der Waals surface area contributed by atoms with Gasteiger partial charge in [0.1, 0.15) is 0 Å². The molecule has 0 aromatic heterocycles. The Hall–Kier alpha value is -0.191. The van der Waals surface area contributed by atoms with Gasteiger partial charge in [-0.15, -0.1) is 0 Å². The molecule has 0 saturated carbocycles. The van der Waals surface area contributed by atoms with Crippen LogP contribution in [0.25, 0.3) is 0 Å². The Bertz CT molecular complexity index is 347. The van der Waals surface area contributed by atoms with Crippen LogP contribution in [0.1, 0.15) is 0 Å².